The maximum Gasteiger partial charge on any atom is 0.236 e. The number of aromatic nitrogens is 1. The Morgan fingerprint density at radius 3 is 2.13 bits per heavy atom. The summed E-state index contributed by atoms with van der Waals surface area (Å²) >= 11 is 0. The van der Waals surface area contributed by atoms with E-state index < -0.39 is 0 Å². The Morgan fingerprint density at radius 2 is 1.45 bits per heavy atom. The van der Waals surface area contributed by atoms with Gasteiger partial charge in [-0.15, -0.1) is 0 Å². The molecule has 0 saturated carbocycles. The van der Waals surface area contributed by atoms with Crippen LogP contribution in [-0.2, 0) is 16.0 Å². The average molecular weight is 422 g/mol. The molecule has 2 aliphatic rings. The second-order valence-electron chi connectivity index (χ2n) is 8.32. The van der Waals surface area contributed by atoms with Crippen LogP contribution in [0.25, 0.3) is 0 Å². The van der Waals surface area contributed by atoms with Crippen LogP contribution in [0.15, 0.2) is 48.7 Å². The van der Waals surface area contributed by atoms with Crippen LogP contribution < -0.4 is 4.90 Å². The van der Waals surface area contributed by atoms with Crippen LogP contribution in [0.1, 0.15) is 11.1 Å². The Hall–Kier alpha value is -2.93. The van der Waals surface area contributed by atoms with Gasteiger partial charge in [0.05, 0.1) is 13.0 Å². The maximum atomic E-state index is 12.8. The third-order valence-electron chi connectivity index (χ3n) is 6.29. The fourth-order valence-electron chi connectivity index (χ4n) is 4.26. The van der Waals surface area contributed by atoms with Gasteiger partial charge >= 0.3 is 0 Å². The van der Waals surface area contributed by atoms with E-state index in [1.165, 1.54) is 0 Å². The molecule has 2 saturated heterocycles. The average Bonchev–Trinajstić information content (AvgIpc) is 2.81. The molecule has 0 N–H and O–H groups in total. The summed E-state index contributed by atoms with van der Waals surface area (Å²) in [6.07, 6.45) is 2.25. The number of aryl methyl sites for hydroxylation is 1. The number of benzene rings is 1. The lowest BCUT2D eigenvalue weighted by Crippen LogP contribution is -2.54. The Morgan fingerprint density at radius 1 is 0.806 bits per heavy atom. The SMILES string of the molecule is Cc1ccccc1CC(=O)N1CCN(CC(=O)N2CCN(c3ccccn3)CC2)CC1. The second-order valence-corrected chi connectivity index (χ2v) is 8.32. The van der Waals surface area contributed by atoms with E-state index >= 15 is 0 Å². The summed E-state index contributed by atoms with van der Waals surface area (Å²) in [4.78, 5) is 38.1. The van der Waals surface area contributed by atoms with E-state index in [-0.39, 0.29) is 11.8 Å². The van der Waals surface area contributed by atoms with Crippen LogP contribution in [0.4, 0.5) is 5.82 Å². The van der Waals surface area contributed by atoms with E-state index in [0.717, 1.165) is 56.2 Å². The molecule has 2 fully saturated rings. The molecule has 0 bridgehead atoms. The summed E-state index contributed by atoms with van der Waals surface area (Å²) in [5.74, 6) is 1.33. The topological polar surface area (TPSA) is 60.0 Å². The van der Waals surface area contributed by atoms with Crippen molar-refractivity contribution in [1.29, 1.82) is 0 Å². The Labute approximate surface area is 184 Å². The van der Waals surface area contributed by atoms with Gasteiger partial charge in [0, 0.05) is 58.6 Å². The van der Waals surface area contributed by atoms with E-state index in [4.69, 9.17) is 0 Å². The first-order chi connectivity index (χ1) is 15.1. The van der Waals surface area contributed by atoms with Gasteiger partial charge in [0.2, 0.25) is 11.8 Å². The lowest BCUT2D eigenvalue weighted by Gasteiger charge is -2.38. The molecule has 4 rings (SSSR count). The van der Waals surface area contributed by atoms with Gasteiger partial charge in [-0.1, -0.05) is 30.3 Å². The summed E-state index contributed by atoms with van der Waals surface area (Å²) in [5.41, 5.74) is 2.25. The van der Waals surface area contributed by atoms with Crippen LogP contribution in [0, 0.1) is 6.92 Å². The number of carbonyl (C=O) groups is 2. The van der Waals surface area contributed by atoms with Crippen molar-refractivity contribution in [1.82, 2.24) is 19.7 Å². The van der Waals surface area contributed by atoms with Gasteiger partial charge in [-0.2, -0.15) is 0 Å². The number of carbonyl (C=O) groups excluding carboxylic acids is 2. The number of anilines is 1. The maximum absolute atomic E-state index is 12.8. The lowest BCUT2D eigenvalue weighted by molar-refractivity contribution is -0.135. The van der Waals surface area contributed by atoms with Gasteiger partial charge in [-0.25, -0.2) is 4.98 Å². The predicted molar refractivity (Wildman–Crippen MR) is 121 cm³/mol. The van der Waals surface area contributed by atoms with Gasteiger partial charge in [0.1, 0.15) is 5.82 Å². The molecular weight excluding hydrogens is 390 g/mol. The highest BCUT2D eigenvalue weighted by Crippen LogP contribution is 2.14. The summed E-state index contributed by atoms with van der Waals surface area (Å²) < 4.78 is 0. The van der Waals surface area contributed by atoms with Gasteiger partial charge in [0.25, 0.3) is 0 Å². The summed E-state index contributed by atoms with van der Waals surface area (Å²) in [6, 6.07) is 14.0. The molecule has 0 atom stereocenters. The molecule has 0 unspecified atom stereocenters. The first kappa shape index (κ1) is 21.3. The zero-order chi connectivity index (χ0) is 21.6. The van der Waals surface area contributed by atoms with E-state index in [9.17, 15) is 9.59 Å². The minimum atomic E-state index is 0.172. The smallest absolute Gasteiger partial charge is 0.236 e. The third-order valence-corrected chi connectivity index (χ3v) is 6.29. The second kappa shape index (κ2) is 9.92. The van der Waals surface area contributed by atoms with Crippen LogP contribution in [0.2, 0.25) is 0 Å². The molecule has 7 nitrogen and oxygen atoms in total. The van der Waals surface area contributed by atoms with Crippen molar-refractivity contribution in [3.8, 4) is 0 Å². The van der Waals surface area contributed by atoms with E-state index in [1.54, 1.807) is 6.20 Å². The highest BCUT2D eigenvalue weighted by atomic mass is 16.2. The quantitative estimate of drug-likeness (QED) is 0.731. The van der Waals surface area contributed by atoms with Crippen LogP contribution in [0.5, 0.6) is 0 Å². The van der Waals surface area contributed by atoms with Gasteiger partial charge in [0.15, 0.2) is 0 Å². The van der Waals surface area contributed by atoms with Gasteiger partial charge in [-0.05, 0) is 30.2 Å². The number of hydrogen-bond donors (Lipinski definition) is 0. The minimum Gasteiger partial charge on any atom is -0.353 e. The summed E-state index contributed by atoms with van der Waals surface area (Å²) in [7, 11) is 0. The number of amides is 2. The molecule has 2 aromatic rings. The summed E-state index contributed by atoms with van der Waals surface area (Å²) in [5, 5.41) is 0. The Balaban J connectivity index is 1.20. The first-order valence-electron chi connectivity index (χ1n) is 11.1. The number of rotatable bonds is 5. The van der Waals surface area contributed by atoms with Crippen molar-refractivity contribution in [2.45, 2.75) is 13.3 Å². The molecule has 2 aliphatic heterocycles. The molecule has 164 valence electrons. The highest BCUT2D eigenvalue weighted by molar-refractivity contribution is 5.80. The Kier molecular flexibility index (Phi) is 6.82. The van der Waals surface area contributed by atoms with Crippen molar-refractivity contribution < 1.29 is 9.59 Å². The van der Waals surface area contributed by atoms with Crippen molar-refractivity contribution in [2.75, 3.05) is 63.8 Å². The zero-order valence-corrected chi connectivity index (χ0v) is 18.2. The molecule has 7 heteroatoms. The van der Waals surface area contributed by atoms with Crippen molar-refractivity contribution in [2.24, 2.45) is 0 Å². The van der Waals surface area contributed by atoms with Gasteiger partial charge in [-0.3, -0.25) is 14.5 Å². The molecule has 2 amide bonds. The van der Waals surface area contributed by atoms with Crippen LogP contribution in [-0.4, -0.2) is 90.4 Å². The number of nitrogens with zero attached hydrogens (tertiary/aromatic N) is 5. The first-order valence-corrected chi connectivity index (χ1v) is 11.1. The standard InChI is InChI=1S/C24H31N5O2/c1-20-6-2-3-7-21(20)18-23(30)28-12-10-26(11-13-28)19-24(31)29-16-14-27(15-17-29)22-8-4-5-9-25-22/h2-9H,10-19H2,1H3. The minimum absolute atomic E-state index is 0.172. The Bertz CT molecular complexity index is 888. The molecule has 0 radical (unpaired) electrons. The monoisotopic (exact) mass is 421 g/mol. The number of hydrogen-bond acceptors (Lipinski definition) is 5. The van der Waals surface area contributed by atoms with E-state index in [1.807, 2.05) is 59.2 Å². The number of pyridine rings is 1. The van der Waals surface area contributed by atoms with E-state index in [2.05, 4.69) is 14.8 Å². The molecule has 0 aliphatic carbocycles. The molecular formula is C24H31N5O2. The molecule has 31 heavy (non-hydrogen) atoms. The largest absolute Gasteiger partial charge is 0.353 e. The van der Waals surface area contributed by atoms with E-state index in [0.29, 0.717) is 26.1 Å². The molecule has 3 heterocycles. The highest BCUT2D eigenvalue weighted by Gasteiger charge is 2.26. The van der Waals surface area contributed by atoms with Gasteiger partial charge < -0.3 is 14.7 Å². The van der Waals surface area contributed by atoms with Crippen LogP contribution in [0.3, 0.4) is 0 Å². The van der Waals surface area contributed by atoms with Crippen molar-refractivity contribution >= 4 is 17.6 Å². The van der Waals surface area contributed by atoms with Crippen molar-refractivity contribution in [3.05, 3.63) is 59.8 Å². The lowest BCUT2D eigenvalue weighted by atomic mass is 10.1. The molecule has 1 aromatic carbocycles. The number of piperazine rings is 2. The molecule has 1 aromatic heterocycles. The fourth-order valence-corrected chi connectivity index (χ4v) is 4.26. The normalized spacial score (nSPS) is 17.6. The van der Waals surface area contributed by atoms with Crippen molar-refractivity contribution in [3.63, 3.8) is 0 Å². The fraction of sp³-hybridized carbons (Fsp3) is 0.458. The molecule has 0 spiro atoms. The van der Waals surface area contributed by atoms with Crippen LogP contribution >= 0.6 is 0 Å². The zero-order valence-electron chi connectivity index (χ0n) is 18.2. The summed E-state index contributed by atoms with van der Waals surface area (Å²) in [6.45, 7) is 8.42. The third kappa shape index (κ3) is 5.41. The predicted octanol–water partition coefficient (Wildman–Crippen LogP) is 1.43.